The van der Waals surface area contributed by atoms with Crippen LogP contribution in [0.2, 0.25) is 0 Å². The zero-order valence-electron chi connectivity index (χ0n) is 14.5. The van der Waals surface area contributed by atoms with Crippen LogP contribution in [-0.4, -0.2) is 13.1 Å². The number of carbonyl (C=O) groups is 1. The molecule has 0 atom stereocenters. The van der Waals surface area contributed by atoms with Gasteiger partial charge in [-0.15, -0.1) is 0 Å². The monoisotopic (exact) mass is 338 g/mol. The van der Waals surface area contributed by atoms with Crippen LogP contribution < -0.4 is 0 Å². The average Bonchev–Trinajstić information content (AvgIpc) is 2.72. The molecule has 126 valence electrons. The van der Waals surface area contributed by atoms with Gasteiger partial charge in [-0.25, -0.2) is 4.79 Å². The summed E-state index contributed by atoms with van der Waals surface area (Å²) in [6.45, 7) is 0. The van der Waals surface area contributed by atoms with Gasteiger partial charge in [0.25, 0.3) is 0 Å². The summed E-state index contributed by atoms with van der Waals surface area (Å²) in [6.07, 6.45) is 0. The predicted octanol–water partition coefficient (Wildman–Crippen LogP) is 4.82. The van der Waals surface area contributed by atoms with Crippen LogP contribution in [-0.2, 0) is 9.53 Å². The molecule has 0 aliphatic carbocycles. The van der Waals surface area contributed by atoms with E-state index < -0.39 is 5.97 Å². The number of benzene rings is 3. The molecule has 0 fully saturated rings. The molecule has 0 bridgehead atoms. The maximum absolute atomic E-state index is 12.6. The van der Waals surface area contributed by atoms with E-state index in [0.29, 0.717) is 11.1 Å². The standard InChI is InChI=1S/C24H18O2/c1-26-24(25)23(21-15-9-4-10-16-21)22(20-13-7-3-8-14-20)18-17-19-11-5-2-6-12-19/h2-16H,1H3/b23-22+. The van der Waals surface area contributed by atoms with Gasteiger partial charge in [-0.3, -0.25) is 0 Å². The molecule has 0 aromatic heterocycles. The quantitative estimate of drug-likeness (QED) is 0.296. The van der Waals surface area contributed by atoms with Crippen molar-refractivity contribution in [2.24, 2.45) is 0 Å². The van der Waals surface area contributed by atoms with Crippen molar-refractivity contribution in [2.75, 3.05) is 7.11 Å². The van der Waals surface area contributed by atoms with E-state index in [9.17, 15) is 4.79 Å². The molecule has 0 unspecified atom stereocenters. The van der Waals surface area contributed by atoms with Crippen LogP contribution >= 0.6 is 0 Å². The van der Waals surface area contributed by atoms with E-state index in [2.05, 4.69) is 11.8 Å². The van der Waals surface area contributed by atoms with Crippen LogP contribution in [0.4, 0.5) is 0 Å². The molecule has 0 N–H and O–H groups in total. The summed E-state index contributed by atoms with van der Waals surface area (Å²) in [5.41, 5.74) is 3.65. The topological polar surface area (TPSA) is 26.3 Å². The first-order chi connectivity index (χ1) is 12.8. The van der Waals surface area contributed by atoms with Crippen molar-refractivity contribution in [1.82, 2.24) is 0 Å². The van der Waals surface area contributed by atoms with Crippen molar-refractivity contribution < 1.29 is 9.53 Å². The lowest BCUT2D eigenvalue weighted by Crippen LogP contribution is -2.06. The van der Waals surface area contributed by atoms with Crippen molar-refractivity contribution in [1.29, 1.82) is 0 Å². The van der Waals surface area contributed by atoms with Crippen LogP contribution in [0, 0.1) is 11.8 Å². The molecule has 0 amide bonds. The second kappa shape index (κ2) is 8.50. The van der Waals surface area contributed by atoms with Gasteiger partial charge >= 0.3 is 5.97 Å². The maximum Gasteiger partial charge on any atom is 0.339 e. The largest absolute Gasteiger partial charge is 0.465 e. The van der Waals surface area contributed by atoms with Crippen LogP contribution in [0.1, 0.15) is 16.7 Å². The summed E-state index contributed by atoms with van der Waals surface area (Å²) < 4.78 is 5.06. The molecule has 0 aliphatic heterocycles. The molecular formula is C24H18O2. The molecular weight excluding hydrogens is 320 g/mol. The Morgan fingerprint density at radius 2 is 1.23 bits per heavy atom. The Morgan fingerprint density at radius 1 is 0.731 bits per heavy atom. The Labute approximate surface area is 153 Å². The normalized spacial score (nSPS) is 11.0. The van der Waals surface area contributed by atoms with Gasteiger partial charge in [0.1, 0.15) is 0 Å². The van der Waals surface area contributed by atoms with Crippen LogP contribution in [0.25, 0.3) is 11.1 Å². The SMILES string of the molecule is COC(=O)/C(=C(\C#Cc1ccccc1)c1ccccc1)c1ccccc1. The third-order valence-corrected chi connectivity index (χ3v) is 3.87. The Hall–Kier alpha value is -3.57. The Balaban J connectivity index is 2.24. The molecule has 0 saturated carbocycles. The number of allylic oxidation sites excluding steroid dienone is 1. The highest BCUT2D eigenvalue weighted by molar-refractivity contribution is 6.26. The van der Waals surface area contributed by atoms with E-state index in [1.54, 1.807) is 0 Å². The third kappa shape index (κ3) is 4.09. The van der Waals surface area contributed by atoms with E-state index in [1.807, 2.05) is 91.0 Å². The van der Waals surface area contributed by atoms with E-state index in [4.69, 9.17) is 4.74 Å². The fraction of sp³-hybridized carbons (Fsp3) is 0.0417. The molecule has 0 aliphatic rings. The number of carbonyl (C=O) groups excluding carboxylic acids is 1. The Kier molecular flexibility index (Phi) is 5.65. The molecule has 0 spiro atoms. The number of ether oxygens (including phenoxy) is 1. The maximum atomic E-state index is 12.6. The number of hydrogen-bond donors (Lipinski definition) is 0. The van der Waals surface area contributed by atoms with Gasteiger partial charge in [0.05, 0.1) is 12.7 Å². The smallest absolute Gasteiger partial charge is 0.339 e. The fourth-order valence-corrected chi connectivity index (χ4v) is 2.61. The van der Waals surface area contributed by atoms with Gasteiger partial charge < -0.3 is 4.74 Å². The van der Waals surface area contributed by atoms with E-state index in [0.717, 1.165) is 16.7 Å². The highest BCUT2D eigenvalue weighted by Crippen LogP contribution is 2.27. The van der Waals surface area contributed by atoms with E-state index in [1.165, 1.54) is 7.11 Å². The van der Waals surface area contributed by atoms with Crippen LogP contribution in [0.5, 0.6) is 0 Å². The molecule has 0 radical (unpaired) electrons. The minimum absolute atomic E-state index is 0.405. The van der Waals surface area contributed by atoms with Crippen molar-refractivity contribution in [3.05, 3.63) is 108 Å². The highest BCUT2D eigenvalue weighted by atomic mass is 16.5. The summed E-state index contributed by atoms with van der Waals surface area (Å²) in [5, 5.41) is 0. The molecule has 0 heterocycles. The summed E-state index contributed by atoms with van der Waals surface area (Å²) in [4.78, 5) is 12.6. The zero-order chi connectivity index (χ0) is 18.2. The first kappa shape index (κ1) is 17.3. The van der Waals surface area contributed by atoms with Gasteiger partial charge in [0.15, 0.2) is 0 Å². The molecule has 0 saturated heterocycles. The van der Waals surface area contributed by atoms with Gasteiger partial charge in [-0.05, 0) is 23.3 Å². The van der Waals surface area contributed by atoms with E-state index in [-0.39, 0.29) is 0 Å². The average molecular weight is 338 g/mol. The second-order valence-electron chi connectivity index (χ2n) is 5.59. The molecule has 2 heteroatoms. The van der Waals surface area contributed by atoms with Gasteiger partial charge in [-0.1, -0.05) is 90.7 Å². The molecule has 3 rings (SSSR count). The van der Waals surface area contributed by atoms with Crippen LogP contribution in [0.15, 0.2) is 91.0 Å². The lowest BCUT2D eigenvalue weighted by Gasteiger charge is -2.10. The summed E-state index contributed by atoms with van der Waals surface area (Å²) in [5.74, 6) is 5.95. The van der Waals surface area contributed by atoms with Crippen molar-refractivity contribution in [2.45, 2.75) is 0 Å². The minimum atomic E-state index is -0.405. The van der Waals surface area contributed by atoms with Gasteiger partial charge in [0.2, 0.25) is 0 Å². The molecule has 3 aromatic carbocycles. The van der Waals surface area contributed by atoms with Crippen molar-refractivity contribution in [3.8, 4) is 11.8 Å². The Morgan fingerprint density at radius 3 is 1.77 bits per heavy atom. The van der Waals surface area contributed by atoms with Crippen molar-refractivity contribution >= 4 is 17.1 Å². The summed E-state index contributed by atoms with van der Waals surface area (Å²) in [7, 11) is 1.39. The number of esters is 1. The highest BCUT2D eigenvalue weighted by Gasteiger charge is 2.18. The lowest BCUT2D eigenvalue weighted by atomic mass is 9.94. The van der Waals surface area contributed by atoms with Gasteiger partial charge in [-0.2, -0.15) is 0 Å². The fourth-order valence-electron chi connectivity index (χ4n) is 2.61. The van der Waals surface area contributed by atoms with E-state index >= 15 is 0 Å². The Bertz CT molecular complexity index is 960. The zero-order valence-corrected chi connectivity index (χ0v) is 14.5. The molecule has 26 heavy (non-hydrogen) atoms. The third-order valence-electron chi connectivity index (χ3n) is 3.87. The van der Waals surface area contributed by atoms with Gasteiger partial charge in [0, 0.05) is 11.1 Å². The number of rotatable bonds is 3. The summed E-state index contributed by atoms with van der Waals surface area (Å²) >= 11 is 0. The predicted molar refractivity (Wildman–Crippen MR) is 105 cm³/mol. The first-order valence-corrected chi connectivity index (χ1v) is 8.30. The number of methoxy groups -OCH3 is 1. The summed E-state index contributed by atoms with van der Waals surface area (Å²) in [6, 6.07) is 28.9. The molecule has 3 aromatic rings. The lowest BCUT2D eigenvalue weighted by molar-refractivity contribution is -0.133. The minimum Gasteiger partial charge on any atom is -0.465 e. The van der Waals surface area contributed by atoms with Crippen molar-refractivity contribution in [3.63, 3.8) is 0 Å². The second-order valence-corrected chi connectivity index (χ2v) is 5.59. The number of hydrogen-bond acceptors (Lipinski definition) is 2. The first-order valence-electron chi connectivity index (χ1n) is 8.30. The molecule has 2 nitrogen and oxygen atoms in total. The van der Waals surface area contributed by atoms with Crippen LogP contribution in [0.3, 0.4) is 0 Å².